The Balaban J connectivity index is 1.62. The molecule has 8 heteroatoms. The molecule has 0 aliphatic heterocycles. The second kappa shape index (κ2) is 13.7. The van der Waals surface area contributed by atoms with Crippen molar-refractivity contribution in [3.63, 3.8) is 0 Å². The molecule has 0 saturated heterocycles. The first-order valence-corrected chi connectivity index (χ1v) is 17.8. The number of hydrogen-bond acceptors (Lipinski definition) is 5. The van der Waals surface area contributed by atoms with Gasteiger partial charge in [0.25, 0.3) is 0 Å². The smallest absolute Gasteiger partial charge is 0.307 e. The van der Waals surface area contributed by atoms with E-state index in [1.54, 1.807) is 6.07 Å². The summed E-state index contributed by atoms with van der Waals surface area (Å²) in [6, 6.07) is 25.2. The maximum absolute atomic E-state index is 12.4. The summed E-state index contributed by atoms with van der Waals surface area (Å²) in [6.45, 7) is 14.3. The Morgan fingerprint density at radius 2 is 1.65 bits per heavy atom. The van der Waals surface area contributed by atoms with Crippen LogP contribution in [0.15, 0.2) is 83.7 Å². The predicted molar refractivity (Wildman–Crippen MR) is 175 cm³/mol. The first-order chi connectivity index (χ1) is 20.3. The van der Waals surface area contributed by atoms with Gasteiger partial charge in [0, 0.05) is 24.0 Å². The zero-order chi connectivity index (χ0) is 31.2. The molecule has 228 valence electrons. The van der Waals surface area contributed by atoms with Gasteiger partial charge in [-0.05, 0) is 65.9 Å². The molecule has 43 heavy (non-hydrogen) atoms. The van der Waals surface area contributed by atoms with Crippen LogP contribution in [0.5, 0.6) is 5.75 Å². The van der Waals surface area contributed by atoms with Crippen molar-refractivity contribution in [1.29, 1.82) is 0 Å². The lowest BCUT2D eigenvalue weighted by molar-refractivity contribution is -0.136. The Kier molecular flexibility index (Phi) is 10.3. The van der Waals surface area contributed by atoms with E-state index in [4.69, 9.17) is 9.16 Å². The highest BCUT2D eigenvalue weighted by Gasteiger charge is 2.40. The Morgan fingerprint density at radius 3 is 2.35 bits per heavy atom. The average molecular weight is 601 g/mol. The number of pyridine rings is 1. The van der Waals surface area contributed by atoms with Crippen molar-refractivity contribution in [2.75, 3.05) is 6.54 Å². The number of ether oxygens (including phenoxy) is 1. The normalized spacial score (nSPS) is 13.5. The van der Waals surface area contributed by atoms with E-state index in [0.717, 1.165) is 34.1 Å². The summed E-state index contributed by atoms with van der Waals surface area (Å²) in [6.07, 6.45) is 0.497. The van der Waals surface area contributed by atoms with Crippen LogP contribution in [0.2, 0.25) is 18.1 Å². The van der Waals surface area contributed by atoms with E-state index >= 15 is 0 Å². The highest BCUT2D eigenvalue weighted by atomic mass is 28.4. The minimum atomic E-state index is -2.19. The molecule has 0 aliphatic carbocycles. The van der Waals surface area contributed by atoms with Crippen LogP contribution in [0.25, 0.3) is 10.9 Å². The van der Waals surface area contributed by atoms with Crippen LogP contribution in [0.4, 0.5) is 0 Å². The van der Waals surface area contributed by atoms with Crippen molar-refractivity contribution in [2.24, 2.45) is 0 Å². The SMILES string of the molecule is C[C@H](Cc1cccc(CC(=O)O)c1)NC[C@@H](O[Si](C)(C)C(C)(C)C)c1ccc(OCc2ccccc2)c2[nH]c(=O)ccc12. The van der Waals surface area contributed by atoms with Crippen LogP contribution in [-0.4, -0.2) is 37.0 Å². The number of benzene rings is 3. The van der Waals surface area contributed by atoms with Gasteiger partial charge in [-0.15, -0.1) is 0 Å². The number of hydrogen-bond donors (Lipinski definition) is 3. The molecule has 0 spiro atoms. The third-order valence-corrected chi connectivity index (χ3v) is 12.7. The van der Waals surface area contributed by atoms with E-state index in [9.17, 15) is 14.7 Å². The first kappa shape index (κ1) is 32.2. The minimum absolute atomic E-state index is 0.00426. The molecule has 0 radical (unpaired) electrons. The summed E-state index contributed by atoms with van der Waals surface area (Å²) in [5, 5.41) is 13.8. The van der Waals surface area contributed by atoms with Gasteiger partial charge in [0.2, 0.25) is 5.56 Å². The molecule has 0 saturated carbocycles. The van der Waals surface area contributed by atoms with Gasteiger partial charge >= 0.3 is 5.97 Å². The van der Waals surface area contributed by atoms with E-state index in [0.29, 0.717) is 24.4 Å². The third-order valence-electron chi connectivity index (χ3n) is 8.26. The molecular formula is C35H44N2O5Si. The van der Waals surface area contributed by atoms with Crippen LogP contribution in [0.1, 0.15) is 56.1 Å². The number of carboxylic acids is 1. The molecule has 0 unspecified atom stereocenters. The Hall–Kier alpha value is -3.72. The zero-order valence-corrected chi connectivity index (χ0v) is 27.1. The number of fused-ring (bicyclic) bond motifs is 1. The van der Waals surface area contributed by atoms with Crippen molar-refractivity contribution in [2.45, 2.75) is 77.4 Å². The summed E-state index contributed by atoms with van der Waals surface area (Å²) in [5.74, 6) is -0.215. The molecule has 4 rings (SSSR count). The fourth-order valence-corrected chi connectivity index (χ4v) is 6.18. The second-order valence-corrected chi connectivity index (χ2v) is 17.6. The fourth-order valence-electron chi connectivity index (χ4n) is 4.91. The minimum Gasteiger partial charge on any atom is -0.487 e. The molecule has 1 aromatic heterocycles. The maximum atomic E-state index is 12.4. The summed E-state index contributed by atoms with van der Waals surface area (Å²) < 4.78 is 13.2. The monoisotopic (exact) mass is 600 g/mol. The standard InChI is InChI=1S/C35H44N2O5Si/c1-24(19-26-13-10-14-27(20-26)21-33(39)40)36-22-31(42-43(5,6)35(2,3)4)28-15-17-30(34-29(28)16-18-32(38)37-34)41-23-25-11-8-7-9-12-25/h7-18,20,24,31,36H,19,21-23H2,1-6H3,(H,37,38)(H,39,40)/t24-,31-/m1/s1. The molecule has 0 fully saturated rings. The predicted octanol–water partition coefficient (Wildman–Crippen LogP) is 7.02. The largest absolute Gasteiger partial charge is 0.487 e. The van der Waals surface area contributed by atoms with E-state index in [-0.39, 0.29) is 29.2 Å². The van der Waals surface area contributed by atoms with E-state index in [2.05, 4.69) is 57.2 Å². The van der Waals surface area contributed by atoms with Crippen molar-refractivity contribution in [3.8, 4) is 5.75 Å². The first-order valence-electron chi connectivity index (χ1n) is 14.9. The lowest BCUT2D eigenvalue weighted by atomic mass is 10.0. The fraction of sp³-hybridized carbons (Fsp3) is 0.371. The van der Waals surface area contributed by atoms with Crippen LogP contribution < -0.4 is 15.6 Å². The van der Waals surface area contributed by atoms with Gasteiger partial charge in [-0.3, -0.25) is 9.59 Å². The van der Waals surface area contributed by atoms with Gasteiger partial charge in [-0.2, -0.15) is 0 Å². The van der Waals surface area contributed by atoms with Gasteiger partial charge in [-0.25, -0.2) is 0 Å². The number of aromatic amines is 1. The zero-order valence-electron chi connectivity index (χ0n) is 26.1. The van der Waals surface area contributed by atoms with E-state index < -0.39 is 14.3 Å². The summed E-state index contributed by atoms with van der Waals surface area (Å²) in [4.78, 5) is 26.6. The molecule has 4 aromatic rings. The molecular weight excluding hydrogens is 556 g/mol. The molecule has 0 bridgehead atoms. The number of rotatable bonds is 13. The molecule has 2 atom stereocenters. The number of nitrogens with one attached hydrogen (secondary N) is 2. The van der Waals surface area contributed by atoms with Gasteiger partial charge in [0.05, 0.1) is 18.0 Å². The molecule has 0 aliphatic rings. The third kappa shape index (κ3) is 8.66. The number of carboxylic acid groups (broad SMARTS) is 1. The molecule has 3 aromatic carbocycles. The lowest BCUT2D eigenvalue weighted by Gasteiger charge is -2.40. The number of H-pyrrole nitrogens is 1. The Morgan fingerprint density at radius 1 is 0.953 bits per heavy atom. The van der Waals surface area contributed by atoms with Crippen molar-refractivity contribution in [3.05, 3.63) is 111 Å². The van der Waals surface area contributed by atoms with Crippen molar-refractivity contribution < 1.29 is 19.1 Å². The van der Waals surface area contributed by atoms with Crippen LogP contribution >= 0.6 is 0 Å². The lowest BCUT2D eigenvalue weighted by Crippen LogP contribution is -2.44. The summed E-state index contributed by atoms with van der Waals surface area (Å²) >= 11 is 0. The van der Waals surface area contributed by atoms with Gasteiger partial charge in [-0.1, -0.05) is 81.4 Å². The van der Waals surface area contributed by atoms with Crippen molar-refractivity contribution >= 4 is 25.2 Å². The average Bonchev–Trinajstić information content (AvgIpc) is 2.93. The highest BCUT2D eigenvalue weighted by molar-refractivity contribution is 6.74. The Bertz CT molecular complexity index is 1590. The highest BCUT2D eigenvalue weighted by Crippen LogP contribution is 2.41. The van der Waals surface area contributed by atoms with Crippen LogP contribution in [0, 0.1) is 0 Å². The van der Waals surface area contributed by atoms with Crippen LogP contribution in [-0.2, 0) is 28.7 Å². The van der Waals surface area contributed by atoms with Crippen molar-refractivity contribution in [1.82, 2.24) is 10.3 Å². The second-order valence-electron chi connectivity index (χ2n) is 12.8. The Labute approximate surface area is 255 Å². The quantitative estimate of drug-likeness (QED) is 0.143. The molecule has 1 heterocycles. The summed E-state index contributed by atoms with van der Waals surface area (Å²) in [7, 11) is -2.19. The molecule has 7 nitrogen and oxygen atoms in total. The topological polar surface area (TPSA) is 101 Å². The maximum Gasteiger partial charge on any atom is 0.307 e. The van der Waals surface area contributed by atoms with Crippen LogP contribution in [0.3, 0.4) is 0 Å². The van der Waals surface area contributed by atoms with Gasteiger partial charge in [0.15, 0.2) is 8.32 Å². The van der Waals surface area contributed by atoms with E-state index in [1.165, 1.54) is 0 Å². The number of aliphatic carboxylic acids is 1. The summed E-state index contributed by atoms with van der Waals surface area (Å²) in [5.41, 5.74) is 4.39. The van der Waals surface area contributed by atoms with Gasteiger partial charge < -0.3 is 24.6 Å². The van der Waals surface area contributed by atoms with Gasteiger partial charge in [0.1, 0.15) is 12.4 Å². The molecule has 3 N–H and O–H groups in total. The number of aromatic nitrogens is 1. The number of carbonyl (C=O) groups is 1. The van der Waals surface area contributed by atoms with E-state index in [1.807, 2.05) is 66.7 Å². The molecule has 0 amide bonds.